The molecule has 8 nitrogen and oxygen atoms in total. The van der Waals surface area contributed by atoms with Crippen LogP contribution in [0.25, 0.3) is 0 Å². The van der Waals surface area contributed by atoms with Gasteiger partial charge in [-0.1, -0.05) is 17.1 Å². The van der Waals surface area contributed by atoms with Crippen LogP contribution in [0.3, 0.4) is 0 Å². The molecule has 2 unspecified atom stereocenters. The van der Waals surface area contributed by atoms with E-state index in [1.165, 1.54) is 12.1 Å². The molecule has 1 aromatic rings. The highest BCUT2D eigenvalue weighted by Gasteiger charge is 2.30. The van der Waals surface area contributed by atoms with E-state index in [1.807, 2.05) is 0 Å². The Morgan fingerprint density at radius 1 is 1.50 bits per heavy atom. The number of nitro benzene ring substituents is 1. The maximum atomic E-state index is 11.9. The van der Waals surface area contributed by atoms with E-state index in [9.17, 15) is 23.7 Å². The molecule has 9 heteroatoms. The molecular formula is C13H13N2O6S-. The fourth-order valence-corrected chi connectivity index (χ4v) is 2.22. The summed E-state index contributed by atoms with van der Waals surface area (Å²) in [7, 11) is 0. The van der Waals surface area contributed by atoms with Crippen molar-refractivity contribution in [2.24, 2.45) is 0 Å². The minimum Gasteiger partial charge on any atom is -0.772 e. The van der Waals surface area contributed by atoms with Crippen LogP contribution in [0, 0.1) is 21.4 Å². The van der Waals surface area contributed by atoms with Crippen LogP contribution in [0.4, 0.5) is 5.69 Å². The molecule has 0 heterocycles. The van der Waals surface area contributed by atoms with Gasteiger partial charge >= 0.3 is 5.97 Å². The van der Waals surface area contributed by atoms with Crippen molar-refractivity contribution in [1.82, 2.24) is 0 Å². The van der Waals surface area contributed by atoms with Crippen LogP contribution in [-0.4, -0.2) is 25.8 Å². The molecule has 0 aliphatic carbocycles. The number of nitrogens with zero attached hydrogens (tertiary/aromatic N) is 2. The summed E-state index contributed by atoms with van der Waals surface area (Å²) in [5.74, 6) is -2.73. The molecule has 118 valence electrons. The smallest absolute Gasteiger partial charge is 0.328 e. The number of hydrogen-bond donors (Lipinski definition) is 0. The van der Waals surface area contributed by atoms with Gasteiger partial charge in [0.05, 0.1) is 22.7 Å². The van der Waals surface area contributed by atoms with Gasteiger partial charge in [0.25, 0.3) is 5.69 Å². The molecule has 0 aromatic heterocycles. The number of hydrogen-bond acceptors (Lipinski definition) is 7. The molecule has 0 aliphatic heterocycles. The quantitative estimate of drug-likeness (QED) is 0.335. The number of carbonyl (C=O) groups excluding carboxylic acids is 1. The summed E-state index contributed by atoms with van der Waals surface area (Å²) in [6, 6.07) is 5.25. The molecule has 1 rings (SSSR count). The Hall–Kier alpha value is -2.31. The lowest BCUT2D eigenvalue weighted by Gasteiger charge is -2.13. The average Bonchev–Trinajstić information content (AvgIpc) is 2.39. The number of nitriles is 1. The summed E-state index contributed by atoms with van der Waals surface area (Å²) in [6.07, 6.45) is -0.468. The van der Waals surface area contributed by atoms with Gasteiger partial charge in [-0.3, -0.25) is 19.1 Å². The van der Waals surface area contributed by atoms with E-state index in [4.69, 9.17) is 10.00 Å². The fraction of sp³-hybridized carbons (Fsp3) is 0.385. The van der Waals surface area contributed by atoms with E-state index < -0.39 is 45.4 Å². The second kappa shape index (κ2) is 7.63. The number of esters is 1. The number of rotatable bonds is 6. The Bertz CT molecular complexity index is 652. The summed E-state index contributed by atoms with van der Waals surface area (Å²) in [5, 5.41) is 20.2. The van der Waals surface area contributed by atoms with Crippen molar-refractivity contribution in [2.45, 2.75) is 31.6 Å². The van der Waals surface area contributed by atoms with Crippen LogP contribution in [0.2, 0.25) is 0 Å². The summed E-state index contributed by atoms with van der Waals surface area (Å²) >= 11 is -2.40. The third kappa shape index (κ3) is 4.61. The Morgan fingerprint density at radius 3 is 2.59 bits per heavy atom. The SMILES string of the molecule is CC(C)OC(=O)C(C#N)c1ccc(CS(=O)[O-])cc1[N+](=O)[O-]. The monoisotopic (exact) mass is 325 g/mol. The van der Waals surface area contributed by atoms with Gasteiger partial charge < -0.3 is 9.29 Å². The second-order valence-electron chi connectivity index (χ2n) is 4.65. The van der Waals surface area contributed by atoms with E-state index >= 15 is 0 Å². The van der Waals surface area contributed by atoms with E-state index in [1.54, 1.807) is 19.9 Å². The Balaban J connectivity index is 3.27. The normalized spacial score (nSPS) is 13.2. The minimum atomic E-state index is -2.40. The molecule has 0 amide bonds. The van der Waals surface area contributed by atoms with Crippen LogP contribution in [0.15, 0.2) is 18.2 Å². The molecular weight excluding hydrogens is 312 g/mol. The third-order valence-corrected chi connectivity index (χ3v) is 3.17. The number of carbonyl (C=O) groups is 1. The van der Waals surface area contributed by atoms with Gasteiger partial charge in [0.2, 0.25) is 0 Å². The van der Waals surface area contributed by atoms with Crippen molar-refractivity contribution in [2.75, 3.05) is 0 Å². The van der Waals surface area contributed by atoms with Gasteiger partial charge in [-0.2, -0.15) is 5.26 Å². The maximum absolute atomic E-state index is 11.9. The van der Waals surface area contributed by atoms with Gasteiger partial charge in [-0.25, -0.2) is 0 Å². The summed E-state index contributed by atoms with van der Waals surface area (Å²) in [5.41, 5.74) is -0.425. The standard InChI is InChI=1S/C13H14N2O6S/c1-8(2)21-13(16)11(6-14)10-4-3-9(7-22(19)20)5-12(10)15(17)18/h3-5,8,11H,7H2,1-2H3,(H,19,20)/p-1. The lowest BCUT2D eigenvalue weighted by molar-refractivity contribution is -0.385. The highest BCUT2D eigenvalue weighted by atomic mass is 32.2. The first-order chi connectivity index (χ1) is 10.3. The molecule has 0 saturated heterocycles. The molecule has 0 bridgehead atoms. The lowest BCUT2D eigenvalue weighted by atomic mass is 9.97. The minimum absolute atomic E-state index is 0.126. The van der Waals surface area contributed by atoms with Gasteiger partial charge in [0, 0.05) is 11.8 Å². The van der Waals surface area contributed by atoms with Gasteiger partial charge in [0.1, 0.15) is 0 Å². The number of nitro groups is 1. The van der Waals surface area contributed by atoms with Crippen molar-refractivity contribution in [3.63, 3.8) is 0 Å². The Kier molecular flexibility index (Phi) is 6.15. The van der Waals surface area contributed by atoms with Crippen molar-refractivity contribution < 1.29 is 23.2 Å². The first-order valence-corrected chi connectivity index (χ1v) is 7.43. The summed E-state index contributed by atoms with van der Waals surface area (Å²) in [6.45, 7) is 3.18. The van der Waals surface area contributed by atoms with E-state index in [0.717, 1.165) is 6.07 Å². The van der Waals surface area contributed by atoms with Gasteiger partial charge in [-0.15, -0.1) is 0 Å². The predicted molar refractivity (Wildman–Crippen MR) is 75.3 cm³/mol. The highest BCUT2D eigenvalue weighted by molar-refractivity contribution is 7.78. The predicted octanol–water partition coefficient (Wildman–Crippen LogP) is 1.53. The Morgan fingerprint density at radius 2 is 2.14 bits per heavy atom. The fourth-order valence-electron chi connectivity index (χ4n) is 1.77. The second-order valence-corrected chi connectivity index (χ2v) is 5.54. The first kappa shape index (κ1) is 17.7. The largest absolute Gasteiger partial charge is 0.772 e. The molecule has 22 heavy (non-hydrogen) atoms. The third-order valence-electron chi connectivity index (χ3n) is 2.60. The van der Waals surface area contributed by atoms with Crippen LogP contribution in [-0.2, 0) is 26.4 Å². The van der Waals surface area contributed by atoms with Gasteiger partial charge in [-0.05, 0) is 25.5 Å². The zero-order chi connectivity index (χ0) is 16.9. The van der Waals surface area contributed by atoms with Crippen molar-refractivity contribution in [3.8, 4) is 6.07 Å². The molecule has 1 aromatic carbocycles. The van der Waals surface area contributed by atoms with Crippen molar-refractivity contribution in [3.05, 3.63) is 39.4 Å². The zero-order valence-corrected chi connectivity index (χ0v) is 12.7. The van der Waals surface area contributed by atoms with Crippen molar-refractivity contribution in [1.29, 1.82) is 5.26 Å². The van der Waals surface area contributed by atoms with Crippen LogP contribution in [0.1, 0.15) is 30.9 Å². The Labute approximate surface area is 129 Å². The van der Waals surface area contributed by atoms with E-state index in [2.05, 4.69) is 0 Å². The number of ether oxygens (including phenoxy) is 1. The topological polar surface area (TPSA) is 133 Å². The van der Waals surface area contributed by atoms with E-state index in [-0.39, 0.29) is 11.1 Å². The number of benzene rings is 1. The summed E-state index contributed by atoms with van der Waals surface area (Å²) in [4.78, 5) is 22.2. The molecule has 2 atom stereocenters. The van der Waals surface area contributed by atoms with Crippen molar-refractivity contribution >= 4 is 22.7 Å². The molecule has 0 fully saturated rings. The average molecular weight is 325 g/mol. The summed E-state index contributed by atoms with van der Waals surface area (Å²) < 4.78 is 26.2. The molecule has 0 spiro atoms. The highest BCUT2D eigenvalue weighted by Crippen LogP contribution is 2.29. The molecule has 0 radical (unpaired) electrons. The maximum Gasteiger partial charge on any atom is 0.328 e. The zero-order valence-electron chi connectivity index (χ0n) is 11.8. The molecule has 0 N–H and O–H groups in total. The first-order valence-electron chi connectivity index (χ1n) is 6.19. The van der Waals surface area contributed by atoms with E-state index in [0.29, 0.717) is 0 Å². The lowest BCUT2D eigenvalue weighted by Crippen LogP contribution is -2.19. The van der Waals surface area contributed by atoms with Crippen LogP contribution in [0.5, 0.6) is 0 Å². The van der Waals surface area contributed by atoms with Gasteiger partial charge in [0.15, 0.2) is 5.92 Å². The molecule has 0 aliphatic rings. The molecule has 0 saturated carbocycles. The van der Waals surface area contributed by atoms with Crippen LogP contribution < -0.4 is 0 Å². The van der Waals surface area contributed by atoms with Crippen LogP contribution >= 0.6 is 0 Å².